The SMILES string of the molecule is Cc1csc([C@H]2CCCN2C(=O)c2cc(-c3ncco3)cc(-c3nnc([C@@](C)(N)Cc4ccccc4)o3)c2)n1. The molecule has 2 aromatic carbocycles. The van der Waals surface area contributed by atoms with Crippen molar-refractivity contribution in [3.8, 4) is 22.9 Å². The number of thiazole rings is 1. The maximum absolute atomic E-state index is 13.9. The van der Waals surface area contributed by atoms with Gasteiger partial charge in [0, 0.05) is 34.3 Å². The van der Waals surface area contributed by atoms with Crippen molar-refractivity contribution in [2.24, 2.45) is 5.73 Å². The molecule has 5 aromatic rings. The van der Waals surface area contributed by atoms with Gasteiger partial charge in [-0.1, -0.05) is 30.3 Å². The number of hydrogen-bond donors (Lipinski definition) is 1. The molecule has 0 aliphatic carbocycles. The zero-order chi connectivity index (χ0) is 27.0. The lowest BCUT2D eigenvalue weighted by atomic mass is 9.94. The maximum Gasteiger partial charge on any atom is 0.254 e. The number of hydrogen-bond acceptors (Lipinski definition) is 9. The smallest absolute Gasteiger partial charge is 0.254 e. The first-order valence-electron chi connectivity index (χ1n) is 12.8. The molecule has 1 fully saturated rings. The van der Waals surface area contributed by atoms with Crippen LogP contribution in [-0.4, -0.2) is 37.5 Å². The van der Waals surface area contributed by atoms with E-state index < -0.39 is 5.54 Å². The highest BCUT2D eigenvalue weighted by molar-refractivity contribution is 7.09. The molecule has 4 heterocycles. The molecule has 0 spiro atoms. The third kappa shape index (κ3) is 5.13. The Bertz CT molecular complexity index is 1590. The lowest BCUT2D eigenvalue weighted by molar-refractivity contribution is 0.0735. The van der Waals surface area contributed by atoms with Crippen molar-refractivity contribution in [1.29, 1.82) is 0 Å². The summed E-state index contributed by atoms with van der Waals surface area (Å²) in [6, 6.07) is 15.3. The van der Waals surface area contributed by atoms with Crippen LogP contribution in [0.3, 0.4) is 0 Å². The Morgan fingerprint density at radius 1 is 1.15 bits per heavy atom. The zero-order valence-corrected chi connectivity index (χ0v) is 22.5. The van der Waals surface area contributed by atoms with Gasteiger partial charge >= 0.3 is 0 Å². The van der Waals surface area contributed by atoms with Crippen LogP contribution >= 0.6 is 11.3 Å². The van der Waals surface area contributed by atoms with Crippen LogP contribution < -0.4 is 5.73 Å². The van der Waals surface area contributed by atoms with E-state index in [0.717, 1.165) is 29.1 Å². The van der Waals surface area contributed by atoms with Crippen LogP contribution in [0.5, 0.6) is 0 Å². The Morgan fingerprint density at radius 3 is 2.67 bits per heavy atom. The highest BCUT2D eigenvalue weighted by Crippen LogP contribution is 2.36. The molecule has 1 aliphatic heterocycles. The third-order valence-corrected chi connectivity index (χ3v) is 7.93. The van der Waals surface area contributed by atoms with Gasteiger partial charge in [-0.3, -0.25) is 4.79 Å². The van der Waals surface area contributed by atoms with E-state index in [2.05, 4.69) is 20.2 Å². The number of likely N-dealkylation sites (tertiary alicyclic amines) is 1. The summed E-state index contributed by atoms with van der Waals surface area (Å²) in [5, 5.41) is 11.6. The normalized spacial score (nSPS) is 16.9. The number of nitrogens with two attached hydrogens (primary N) is 1. The zero-order valence-electron chi connectivity index (χ0n) is 21.7. The lowest BCUT2D eigenvalue weighted by Gasteiger charge is -2.23. The molecule has 0 bridgehead atoms. The first-order valence-corrected chi connectivity index (χ1v) is 13.7. The minimum absolute atomic E-state index is 0.0454. The summed E-state index contributed by atoms with van der Waals surface area (Å²) in [6.45, 7) is 4.50. The minimum Gasteiger partial charge on any atom is -0.445 e. The molecular weight excluding hydrogens is 512 g/mol. The summed E-state index contributed by atoms with van der Waals surface area (Å²) in [7, 11) is 0. The Labute approximate surface area is 229 Å². The standard InChI is InChI=1S/C29H28N6O3S/c1-18-17-39-26(32-18)23-9-6-11-35(23)27(36)22-14-20(24-31-10-12-37-24)13-21(15-22)25-33-34-28(38-25)29(2,30)16-19-7-4-3-5-8-19/h3-5,7-8,10,12-15,17,23H,6,9,11,16,30H2,1-2H3/t23-,29+/m1/s1. The fourth-order valence-corrected chi connectivity index (χ4v) is 5.93. The van der Waals surface area contributed by atoms with Crippen molar-refractivity contribution in [3.05, 3.63) is 94.1 Å². The number of oxazole rings is 1. The van der Waals surface area contributed by atoms with Crippen molar-refractivity contribution >= 4 is 17.2 Å². The molecule has 0 radical (unpaired) electrons. The second-order valence-electron chi connectivity index (χ2n) is 10.1. The minimum atomic E-state index is -0.875. The summed E-state index contributed by atoms with van der Waals surface area (Å²) in [5.74, 6) is 0.889. The number of amides is 1. The second-order valence-corrected chi connectivity index (χ2v) is 11.0. The molecule has 6 rings (SSSR count). The first-order chi connectivity index (χ1) is 18.9. The average Bonchev–Trinajstić information content (AvgIpc) is 3.74. The number of rotatable bonds is 7. The van der Waals surface area contributed by atoms with E-state index in [1.165, 1.54) is 6.26 Å². The molecule has 1 amide bonds. The van der Waals surface area contributed by atoms with E-state index >= 15 is 0 Å². The predicted molar refractivity (Wildman–Crippen MR) is 147 cm³/mol. The molecule has 1 aliphatic rings. The van der Waals surface area contributed by atoms with E-state index in [0.29, 0.717) is 41.4 Å². The molecule has 39 heavy (non-hydrogen) atoms. The van der Waals surface area contributed by atoms with Crippen molar-refractivity contribution < 1.29 is 13.6 Å². The fraction of sp³-hybridized carbons (Fsp3) is 0.276. The number of benzene rings is 2. The number of carbonyl (C=O) groups excluding carboxylic acids is 1. The van der Waals surface area contributed by atoms with Gasteiger partial charge in [-0.2, -0.15) is 0 Å². The summed E-state index contributed by atoms with van der Waals surface area (Å²) >= 11 is 1.59. The molecule has 3 aromatic heterocycles. The van der Waals surface area contributed by atoms with Gasteiger partial charge in [0.1, 0.15) is 11.3 Å². The maximum atomic E-state index is 13.9. The van der Waals surface area contributed by atoms with Crippen molar-refractivity contribution in [2.45, 2.75) is 44.7 Å². The van der Waals surface area contributed by atoms with Gasteiger partial charge in [0.2, 0.25) is 17.7 Å². The summed E-state index contributed by atoms with van der Waals surface area (Å²) < 4.78 is 11.7. The largest absolute Gasteiger partial charge is 0.445 e. The highest BCUT2D eigenvalue weighted by Gasteiger charge is 2.33. The second kappa shape index (κ2) is 10.2. The van der Waals surface area contributed by atoms with Crippen LogP contribution in [0.4, 0.5) is 0 Å². The van der Waals surface area contributed by atoms with E-state index in [1.54, 1.807) is 29.7 Å². The van der Waals surface area contributed by atoms with Gasteiger partial charge < -0.3 is 19.5 Å². The number of nitrogens with zero attached hydrogens (tertiary/aromatic N) is 5. The van der Waals surface area contributed by atoms with Crippen LogP contribution in [0.25, 0.3) is 22.9 Å². The molecule has 1 saturated heterocycles. The van der Waals surface area contributed by atoms with Crippen molar-refractivity contribution in [3.63, 3.8) is 0 Å². The third-order valence-electron chi connectivity index (χ3n) is 6.87. The predicted octanol–water partition coefficient (Wildman–Crippen LogP) is 5.55. The molecule has 198 valence electrons. The van der Waals surface area contributed by atoms with Crippen LogP contribution in [0.15, 0.2) is 75.2 Å². The molecule has 2 atom stereocenters. The fourth-order valence-electron chi connectivity index (χ4n) is 4.99. The van der Waals surface area contributed by atoms with Gasteiger partial charge in [0.25, 0.3) is 5.91 Å². The summed E-state index contributed by atoms with van der Waals surface area (Å²) in [5.41, 5.74) is 9.49. The Balaban J connectivity index is 1.35. The molecule has 9 nitrogen and oxygen atoms in total. The highest BCUT2D eigenvalue weighted by atomic mass is 32.1. The van der Waals surface area contributed by atoms with Crippen LogP contribution in [-0.2, 0) is 12.0 Å². The van der Waals surface area contributed by atoms with Crippen LogP contribution in [0, 0.1) is 6.92 Å². The van der Waals surface area contributed by atoms with Gasteiger partial charge in [0.05, 0.1) is 17.8 Å². The van der Waals surface area contributed by atoms with E-state index in [4.69, 9.17) is 14.6 Å². The lowest BCUT2D eigenvalue weighted by Crippen LogP contribution is -2.35. The van der Waals surface area contributed by atoms with Gasteiger partial charge in [-0.25, -0.2) is 9.97 Å². The molecule has 10 heteroatoms. The van der Waals surface area contributed by atoms with E-state index in [1.807, 2.05) is 60.5 Å². The van der Waals surface area contributed by atoms with Crippen LogP contribution in [0.2, 0.25) is 0 Å². The van der Waals surface area contributed by atoms with Gasteiger partial charge in [0.15, 0.2) is 0 Å². The Morgan fingerprint density at radius 2 is 1.95 bits per heavy atom. The monoisotopic (exact) mass is 540 g/mol. The number of aryl methyl sites for hydroxylation is 1. The first kappa shape index (κ1) is 25.1. The quantitative estimate of drug-likeness (QED) is 0.285. The Hall–Kier alpha value is -4.15. The molecule has 0 unspecified atom stereocenters. The van der Waals surface area contributed by atoms with E-state index in [9.17, 15) is 4.79 Å². The molecule has 0 saturated carbocycles. The van der Waals surface area contributed by atoms with Gasteiger partial charge in [-0.05, 0) is 56.9 Å². The van der Waals surface area contributed by atoms with Crippen molar-refractivity contribution in [1.82, 2.24) is 25.1 Å². The number of carbonyl (C=O) groups is 1. The molecular formula is C29H28N6O3S. The van der Waals surface area contributed by atoms with Gasteiger partial charge in [-0.15, -0.1) is 21.5 Å². The summed E-state index contributed by atoms with van der Waals surface area (Å²) in [6.07, 6.45) is 5.40. The van der Waals surface area contributed by atoms with E-state index in [-0.39, 0.29) is 17.8 Å². The average molecular weight is 541 g/mol. The topological polar surface area (TPSA) is 124 Å². The number of aromatic nitrogens is 4. The van der Waals surface area contributed by atoms with Crippen LogP contribution in [0.1, 0.15) is 58.3 Å². The summed E-state index contributed by atoms with van der Waals surface area (Å²) in [4.78, 5) is 24.7. The van der Waals surface area contributed by atoms with Crippen molar-refractivity contribution in [2.75, 3.05) is 6.54 Å². The molecule has 2 N–H and O–H groups in total. The Kier molecular flexibility index (Phi) is 6.58.